The number of nitrogens with one attached hydrogen (secondary N) is 1. The Morgan fingerprint density at radius 1 is 1.32 bits per heavy atom. The van der Waals surface area contributed by atoms with Crippen LogP contribution in [0.4, 0.5) is 5.95 Å². The van der Waals surface area contributed by atoms with Crippen LogP contribution < -0.4 is 10.2 Å². The molecule has 0 aliphatic carbocycles. The predicted octanol–water partition coefficient (Wildman–Crippen LogP) is 1.69. The van der Waals surface area contributed by atoms with Crippen molar-refractivity contribution in [2.75, 3.05) is 38.8 Å². The molecule has 0 spiro atoms. The zero-order valence-corrected chi connectivity index (χ0v) is 12.5. The van der Waals surface area contributed by atoms with Crippen molar-refractivity contribution < 1.29 is 4.74 Å². The summed E-state index contributed by atoms with van der Waals surface area (Å²) in [6.07, 6.45) is 4.92. The van der Waals surface area contributed by atoms with Crippen LogP contribution in [0.15, 0.2) is 12.4 Å². The molecule has 0 aliphatic heterocycles. The van der Waals surface area contributed by atoms with Gasteiger partial charge in [0.05, 0.1) is 6.61 Å². The first-order chi connectivity index (χ1) is 9.13. The van der Waals surface area contributed by atoms with Crippen molar-refractivity contribution in [3.63, 3.8) is 0 Å². The largest absolute Gasteiger partial charge is 0.383 e. The fourth-order valence-electron chi connectivity index (χ4n) is 1.60. The van der Waals surface area contributed by atoms with E-state index in [0.29, 0.717) is 5.92 Å². The van der Waals surface area contributed by atoms with E-state index in [4.69, 9.17) is 4.74 Å². The number of nitrogens with zero attached hydrogens (tertiary/aromatic N) is 3. The second-order valence-corrected chi connectivity index (χ2v) is 5.16. The highest BCUT2D eigenvalue weighted by molar-refractivity contribution is 5.28. The molecule has 0 radical (unpaired) electrons. The Morgan fingerprint density at radius 2 is 2.00 bits per heavy atom. The molecule has 1 aromatic rings. The molecule has 0 aromatic carbocycles. The Balaban J connectivity index is 2.37. The van der Waals surface area contributed by atoms with E-state index in [-0.39, 0.29) is 0 Å². The van der Waals surface area contributed by atoms with Gasteiger partial charge in [-0.15, -0.1) is 0 Å². The Bertz CT molecular complexity index is 340. The first-order valence-electron chi connectivity index (χ1n) is 6.85. The van der Waals surface area contributed by atoms with E-state index >= 15 is 0 Å². The maximum absolute atomic E-state index is 4.98. The van der Waals surface area contributed by atoms with Gasteiger partial charge in [0.2, 0.25) is 5.95 Å². The van der Waals surface area contributed by atoms with Gasteiger partial charge in [0.25, 0.3) is 0 Å². The molecular weight excluding hydrogens is 240 g/mol. The summed E-state index contributed by atoms with van der Waals surface area (Å²) in [5, 5.41) is 3.27. The summed E-state index contributed by atoms with van der Waals surface area (Å²) in [6.45, 7) is 7.78. The fraction of sp³-hybridized carbons (Fsp3) is 0.714. The minimum atomic E-state index is 0.701. The summed E-state index contributed by atoms with van der Waals surface area (Å²) in [5.74, 6) is 1.49. The summed E-state index contributed by atoms with van der Waals surface area (Å²) in [5.41, 5.74) is 1.09. The van der Waals surface area contributed by atoms with Crippen LogP contribution in [0.5, 0.6) is 0 Å². The molecule has 0 amide bonds. The van der Waals surface area contributed by atoms with Crippen molar-refractivity contribution in [2.45, 2.75) is 26.8 Å². The molecule has 1 N–H and O–H groups in total. The van der Waals surface area contributed by atoms with E-state index in [0.717, 1.165) is 44.2 Å². The number of rotatable bonds is 9. The molecule has 0 bridgehead atoms. The maximum Gasteiger partial charge on any atom is 0.224 e. The van der Waals surface area contributed by atoms with E-state index in [1.54, 1.807) is 7.11 Å². The molecule has 0 saturated heterocycles. The Morgan fingerprint density at radius 3 is 2.58 bits per heavy atom. The molecule has 5 heteroatoms. The molecule has 1 heterocycles. The first-order valence-corrected chi connectivity index (χ1v) is 6.85. The van der Waals surface area contributed by atoms with Gasteiger partial charge in [-0.3, -0.25) is 0 Å². The Kier molecular flexibility index (Phi) is 7.36. The van der Waals surface area contributed by atoms with E-state index in [1.165, 1.54) is 0 Å². The third kappa shape index (κ3) is 6.50. The SMILES string of the molecule is COCCNCc1cnc(N(C)CCC(C)C)nc1. The van der Waals surface area contributed by atoms with Gasteiger partial charge in [-0.25, -0.2) is 9.97 Å². The monoisotopic (exact) mass is 266 g/mol. The van der Waals surface area contributed by atoms with Crippen LogP contribution >= 0.6 is 0 Å². The number of aromatic nitrogens is 2. The van der Waals surface area contributed by atoms with Crippen molar-refractivity contribution >= 4 is 5.95 Å². The summed E-state index contributed by atoms with van der Waals surface area (Å²) >= 11 is 0. The molecule has 1 aromatic heterocycles. The van der Waals surface area contributed by atoms with Crippen molar-refractivity contribution in [2.24, 2.45) is 5.92 Å². The molecule has 108 valence electrons. The predicted molar refractivity (Wildman–Crippen MR) is 78.3 cm³/mol. The quantitative estimate of drug-likeness (QED) is 0.689. The zero-order valence-electron chi connectivity index (χ0n) is 12.5. The van der Waals surface area contributed by atoms with Gasteiger partial charge >= 0.3 is 0 Å². The van der Waals surface area contributed by atoms with Crippen LogP contribution in [0.25, 0.3) is 0 Å². The van der Waals surface area contributed by atoms with E-state index in [2.05, 4.69) is 34.0 Å². The van der Waals surface area contributed by atoms with Crippen LogP contribution in [0.2, 0.25) is 0 Å². The summed E-state index contributed by atoms with van der Waals surface area (Å²) < 4.78 is 4.98. The Hall–Kier alpha value is -1.20. The first kappa shape index (κ1) is 15.9. The lowest BCUT2D eigenvalue weighted by Gasteiger charge is -2.18. The molecule has 0 atom stereocenters. The fourth-order valence-corrected chi connectivity index (χ4v) is 1.60. The van der Waals surface area contributed by atoms with Gasteiger partial charge < -0.3 is 15.0 Å². The highest BCUT2D eigenvalue weighted by atomic mass is 16.5. The van der Waals surface area contributed by atoms with Crippen LogP contribution in [0.1, 0.15) is 25.8 Å². The molecule has 1 rings (SSSR count). The minimum absolute atomic E-state index is 0.701. The van der Waals surface area contributed by atoms with Crippen molar-refractivity contribution in [3.05, 3.63) is 18.0 Å². The summed E-state index contributed by atoms with van der Waals surface area (Å²) in [4.78, 5) is 10.9. The molecular formula is C14H26N4O. The number of anilines is 1. The van der Waals surface area contributed by atoms with E-state index in [1.807, 2.05) is 19.4 Å². The lowest BCUT2D eigenvalue weighted by molar-refractivity contribution is 0.199. The molecule has 0 fully saturated rings. The third-order valence-electron chi connectivity index (χ3n) is 2.89. The lowest BCUT2D eigenvalue weighted by atomic mass is 10.1. The van der Waals surface area contributed by atoms with E-state index in [9.17, 15) is 0 Å². The summed E-state index contributed by atoms with van der Waals surface area (Å²) in [7, 11) is 3.74. The number of ether oxygens (including phenoxy) is 1. The Labute approximate surface area is 116 Å². The highest BCUT2D eigenvalue weighted by Crippen LogP contribution is 2.08. The topological polar surface area (TPSA) is 50.3 Å². The van der Waals surface area contributed by atoms with Crippen LogP contribution in [-0.2, 0) is 11.3 Å². The van der Waals surface area contributed by atoms with Gasteiger partial charge in [0.1, 0.15) is 0 Å². The maximum atomic E-state index is 4.98. The number of methoxy groups -OCH3 is 1. The molecule has 5 nitrogen and oxygen atoms in total. The van der Waals surface area contributed by atoms with Crippen molar-refractivity contribution in [1.29, 1.82) is 0 Å². The van der Waals surface area contributed by atoms with Crippen LogP contribution in [0, 0.1) is 5.92 Å². The van der Waals surface area contributed by atoms with Gasteiger partial charge in [-0.2, -0.15) is 0 Å². The average molecular weight is 266 g/mol. The van der Waals surface area contributed by atoms with Crippen LogP contribution in [0.3, 0.4) is 0 Å². The highest BCUT2D eigenvalue weighted by Gasteiger charge is 2.05. The van der Waals surface area contributed by atoms with Gasteiger partial charge in [0.15, 0.2) is 0 Å². The van der Waals surface area contributed by atoms with Gasteiger partial charge in [0, 0.05) is 51.7 Å². The lowest BCUT2D eigenvalue weighted by Crippen LogP contribution is -2.23. The molecule has 0 saturated carbocycles. The minimum Gasteiger partial charge on any atom is -0.383 e. The van der Waals surface area contributed by atoms with Crippen molar-refractivity contribution in [3.8, 4) is 0 Å². The molecule has 19 heavy (non-hydrogen) atoms. The smallest absolute Gasteiger partial charge is 0.224 e. The van der Waals surface area contributed by atoms with Crippen molar-refractivity contribution in [1.82, 2.24) is 15.3 Å². The second kappa shape index (κ2) is 8.82. The third-order valence-corrected chi connectivity index (χ3v) is 2.89. The van der Waals surface area contributed by atoms with E-state index < -0.39 is 0 Å². The van der Waals surface area contributed by atoms with Gasteiger partial charge in [-0.1, -0.05) is 13.8 Å². The van der Waals surface area contributed by atoms with Crippen LogP contribution in [-0.4, -0.2) is 43.8 Å². The number of hydrogen-bond donors (Lipinski definition) is 1. The normalized spacial score (nSPS) is 11.0. The van der Waals surface area contributed by atoms with Gasteiger partial charge in [-0.05, 0) is 12.3 Å². The molecule has 0 unspecified atom stereocenters. The average Bonchev–Trinajstić information content (AvgIpc) is 2.41. The molecule has 0 aliphatic rings. The zero-order chi connectivity index (χ0) is 14.1. The second-order valence-electron chi connectivity index (χ2n) is 5.16. The summed E-state index contributed by atoms with van der Waals surface area (Å²) in [6, 6.07) is 0. The standard InChI is InChI=1S/C14H26N4O/c1-12(2)5-7-18(3)14-16-10-13(11-17-14)9-15-6-8-19-4/h10-12,15H,5-9H2,1-4H3. The number of hydrogen-bond acceptors (Lipinski definition) is 5.